The van der Waals surface area contributed by atoms with Crippen LogP contribution in [0.15, 0.2) is 66.0 Å². The smallest absolute Gasteiger partial charge is 0.339 e. The molecule has 3 aromatic rings. The number of thiophene rings is 1. The van der Waals surface area contributed by atoms with Crippen molar-refractivity contribution in [2.75, 3.05) is 6.61 Å². The standard InChI is InChI=1S/C22H16ClFN2O4S/c23-16-7-3-14(4-8-16)12-18(15-5-9-17(24)10-6-15)22(29)30-13-20(27)25-26-21(28)19-2-1-11-31-19/h1-12H,13H2,(H,25,27)(H,26,28)/b18-12-. The summed E-state index contributed by atoms with van der Waals surface area (Å²) in [5.74, 6) is -2.45. The highest BCUT2D eigenvalue weighted by Gasteiger charge is 2.16. The summed E-state index contributed by atoms with van der Waals surface area (Å²) in [6.45, 7) is -0.622. The second-order valence-corrected chi connectivity index (χ2v) is 7.56. The lowest BCUT2D eigenvalue weighted by molar-refractivity contribution is -0.143. The maximum atomic E-state index is 13.3. The van der Waals surface area contributed by atoms with Crippen molar-refractivity contribution >= 4 is 52.4 Å². The van der Waals surface area contributed by atoms with E-state index in [4.69, 9.17) is 16.3 Å². The van der Waals surface area contributed by atoms with Crippen LogP contribution >= 0.6 is 22.9 Å². The van der Waals surface area contributed by atoms with E-state index >= 15 is 0 Å². The van der Waals surface area contributed by atoms with Crippen LogP contribution in [0.2, 0.25) is 5.02 Å². The fourth-order valence-corrected chi connectivity index (χ4v) is 3.20. The van der Waals surface area contributed by atoms with Gasteiger partial charge in [-0.1, -0.05) is 41.9 Å². The van der Waals surface area contributed by atoms with Gasteiger partial charge in [-0.25, -0.2) is 9.18 Å². The molecule has 1 aromatic heterocycles. The molecule has 0 atom stereocenters. The number of amides is 2. The molecule has 0 aliphatic rings. The van der Waals surface area contributed by atoms with Gasteiger partial charge in [0.2, 0.25) is 0 Å². The van der Waals surface area contributed by atoms with E-state index in [2.05, 4.69) is 10.9 Å². The van der Waals surface area contributed by atoms with E-state index in [1.54, 1.807) is 47.9 Å². The molecule has 1 heterocycles. The maximum Gasteiger partial charge on any atom is 0.339 e. The molecular formula is C22H16ClFN2O4S. The molecule has 2 N–H and O–H groups in total. The van der Waals surface area contributed by atoms with Crippen LogP contribution < -0.4 is 10.9 Å². The Hall–Kier alpha value is -3.49. The van der Waals surface area contributed by atoms with E-state index in [9.17, 15) is 18.8 Å². The highest BCUT2D eigenvalue weighted by atomic mass is 35.5. The van der Waals surface area contributed by atoms with Gasteiger partial charge < -0.3 is 4.74 Å². The van der Waals surface area contributed by atoms with Crippen LogP contribution in [0.4, 0.5) is 4.39 Å². The van der Waals surface area contributed by atoms with E-state index < -0.39 is 30.2 Å². The first-order valence-corrected chi connectivity index (χ1v) is 10.2. The van der Waals surface area contributed by atoms with E-state index in [1.165, 1.54) is 35.6 Å². The lowest BCUT2D eigenvalue weighted by Gasteiger charge is -2.10. The van der Waals surface area contributed by atoms with E-state index in [-0.39, 0.29) is 5.57 Å². The van der Waals surface area contributed by atoms with Gasteiger partial charge in [0.25, 0.3) is 11.8 Å². The number of halogens is 2. The van der Waals surface area contributed by atoms with Gasteiger partial charge in [-0.15, -0.1) is 11.3 Å². The first-order chi connectivity index (χ1) is 14.9. The van der Waals surface area contributed by atoms with Crippen molar-refractivity contribution in [2.24, 2.45) is 0 Å². The summed E-state index contributed by atoms with van der Waals surface area (Å²) in [7, 11) is 0. The van der Waals surface area contributed by atoms with Crippen molar-refractivity contribution in [2.45, 2.75) is 0 Å². The second kappa shape index (κ2) is 10.5. The Balaban J connectivity index is 1.66. The molecule has 158 valence electrons. The lowest BCUT2D eigenvalue weighted by atomic mass is 10.0. The summed E-state index contributed by atoms with van der Waals surface area (Å²) in [4.78, 5) is 36.8. The van der Waals surface area contributed by atoms with Crippen LogP contribution in [0, 0.1) is 5.82 Å². The normalized spacial score (nSPS) is 11.0. The predicted octanol–water partition coefficient (Wildman–Crippen LogP) is 4.09. The summed E-state index contributed by atoms with van der Waals surface area (Å²) in [5, 5.41) is 2.26. The third-order valence-corrected chi connectivity index (χ3v) is 5.07. The Morgan fingerprint density at radius 3 is 2.35 bits per heavy atom. The number of ether oxygens (including phenoxy) is 1. The third-order valence-electron chi connectivity index (χ3n) is 3.95. The van der Waals surface area contributed by atoms with Crippen molar-refractivity contribution < 1.29 is 23.5 Å². The van der Waals surface area contributed by atoms with Crippen molar-refractivity contribution in [3.63, 3.8) is 0 Å². The molecule has 31 heavy (non-hydrogen) atoms. The van der Waals surface area contributed by atoms with Crippen molar-refractivity contribution in [1.29, 1.82) is 0 Å². The van der Waals surface area contributed by atoms with Gasteiger partial charge in [0.15, 0.2) is 6.61 Å². The van der Waals surface area contributed by atoms with Crippen molar-refractivity contribution in [3.05, 3.63) is 92.9 Å². The lowest BCUT2D eigenvalue weighted by Crippen LogP contribution is -2.43. The zero-order valence-electron chi connectivity index (χ0n) is 15.9. The number of benzene rings is 2. The van der Waals surface area contributed by atoms with Crippen LogP contribution in [-0.4, -0.2) is 24.4 Å². The minimum Gasteiger partial charge on any atom is -0.452 e. The number of esters is 1. The van der Waals surface area contributed by atoms with Gasteiger partial charge in [-0.05, 0) is 52.9 Å². The molecule has 0 fully saturated rings. The number of nitrogens with one attached hydrogen (secondary N) is 2. The monoisotopic (exact) mass is 458 g/mol. The number of hydrogen-bond donors (Lipinski definition) is 2. The van der Waals surface area contributed by atoms with Gasteiger partial charge in [0.1, 0.15) is 5.82 Å². The van der Waals surface area contributed by atoms with Crippen LogP contribution in [0.1, 0.15) is 20.8 Å². The Labute approximate surface area is 186 Å². The van der Waals surface area contributed by atoms with Gasteiger partial charge in [0, 0.05) is 5.02 Å². The average Bonchev–Trinajstić information content (AvgIpc) is 3.31. The third kappa shape index (κ3) is 6.50. The molecule has 0 spiro atoms. The van der Waals surface area contributed by atoms with E-state index in [0.717, 1.165) is 0 Å². The Morgan fingerprint density at radius 1 is 1.00 bits per heavy atom. The van der Waals surface area contributed by atoms with Crippen molar-refractivity contribution in [1.82, 2.24) is 10.9 Å². The number of carbonyl (C=O) groups excluding carboxylic acids is 3. The first kappa shape index (κ1) is 22.2. The minimum atomic E-state index is -0.790. The largest absolute Gasteiger partial charge is 0.452 e. The Morgan fingerprint density at radius 2 is 1.71 bits per heavy atom. The molecule has 0 aliphatic carbocycles. The molecule has 3 rings (SSSR count). The quantitative estimate of drug-likeness (QED) is 0.252. The number of rotatable bonds is 6. The molecule has 0 bridgehead atoms. The molecule has 9 heteroatoms. The molecule has 6 nitrogen and oxygen atoms in total. The molecule has 0 unspecified atom stereocenters. The summed E-state index contributed by atoms with van der Waals surface area (Å²) in [6.07, 6.45) is 1.54. The van der Waals surface area contributed by atoms with Crippen LogP contribution in [0.3, 0.4) is 0 Å². The molecule has 0 aliphatic heterocycles. The summed E-state index contributed by atoms with van der Waals surface area (Å²) in [5.41, 5.74) is 5.60. The fourth-order valence-electron chi connectivity index (χ4n) is 2.46. The molecule has 0 saturated heterocycles. The highest BCUT2D eigenvalue weighted by molar-refractivity contribution is 7.12. The zero-order chi connectivity index (χ0) is 22.2. The van der Waals surface area contributed by atoms with Gasteiger partial charge in [0.05, 0.1) is 10.5 Å². The van der Waals surface area contributed by atoms with Crippen LogP contribution in [-0.2, 0) is 14.3 Å². The topological polar surface area (TPSA) is 84.5 Å². The first-order valence-electron chi connectivity index (χ1n) is 8.95. The minimum absolute atomic E-state index is 0.123. The van der Waals surface area contributed by atoms with Crippen LogP contribution in [0.5, 0.6) is 0 Å². The predicted molar refractivity (Wildman–Crippen MR) is 117 cm³/mol. The van der Waals surface area contributed by atoms with Gasteiger partial charge >= 0.3 is 5.97 Å². The summed E-state index contributed by atoms with van der Waals surface area (Å²) >= 11 is 7.10. The Kier molecular flexibility index (Phi) is 7.53. The van der Waals surface area contributed by atoms with E-state index in [1.807, 2.05) is 0 Å². The summed E-state index contributed by atoms with van der Waals surface area (Å²) < 4.78 is 18.4. The number of hydrazine groups is 1. The molecule has 0 radical (unpaired) electrons. The highest BCUT2D eigenvalue weighted by Crippen LogP contribution is 2.21. The number of carbonyl (C=O) groups is 3. The van der Waals surface area contributed by atoms with Gasteiger partial charge in [-0.3, -0.25) is 20.4 Å². The Bertz CT molecular complexity index is 1100. The zero-order valence-corrected chi connectivity index (χ0v) is 17.5. The SMILES string of the molecule is O=C(COC(=O)/C(=C\c1ccc(Cl)cc1)c1ccc(F)cc1)NNC(=O)c1cccs1. The number of hydrogen-bond acceptors (Lipinski definition) is 5. The van der Waals surface area contributed by atoms with E-state index in [0.29, 0.717) is 21.0 Å². The maximum absolute atomic E-state index is 13.3. The summed E-state index contributed by atoms with van der Waals surface area (Å²) in [6, 6.07) is 15.3. The fraction of sp³-hybridized carbons (Fsp3) is 0.0455. The molecular weight excluding hydrogens is 443 g/mol. The molecule has 2 aromatic carbocycles. The van der Waals surface area contributed by atoms with Crippen molar-refractivity contribution in [3.8, 4) is 0 Å². The second-order valence-electron chi connectivity index (χ2n) is 6.17. The van der Waals surface area contributed by atoms with Gasteiger partial charge in [-0.2, -0.15) is 0 Å². The average molecular weight is 459 g/mol. The molecule has 0 saturated carbocycles. The van der Waals surface area contributed by atoms with Crippen LogP contribution in [0.25, 0.3) is 11.6 Å². The molecule has 2 amide bonds.